The van der Waals surface area contributed by atoms with E-state index in [2.05, 4.69) is 15.5 Å². The van der Waals surface area contributed by atoms with Gasteiger partial charge in [-0.25, -0.2) is 4.79 Å². The van der Waals surface area contributed by atoms with Gasteiger partial charge in [0.1, 0.15) is 17.4 Å². The molecule has 0 saturated heterocycles. The molecule has 1 amide bonds. The lowest BCUT2D eigenvalue weighted by atomic mass is 9.96. The predicted octanol–water partition coefficient (Wildman–Crippen LogP) is 5.94. The van der Waals surface area contributed by atoms with Gasteiger partial charge in [-0.1, -0.05) is 47.8 Å². The maximum absolute atomic E-state index is 12.8. The van der Waals surface area contributed by atoms with Gasteiger partial charge in [0.2, 0.25) is 5.91 Å². The molecule has 1 aliphatic rings. The van der Waals surface area contributed by atoms with Gasteiger partial charge >= 0.3 is 5.97 Å². The third-order valence-electron chi connectivity index (χ3n) is 5.82. The number of halogens is 2. The second-order valence-electron chi connectivity index (χ2n) is 8.27. The zero-order valence-electron chi connectivity index (χ0n) is 19.9. The summed E-state index contributed by atoms with van der Waals surface area (Å²) >= 11 is 14.9. The number of benzene rings is 1. The van der Waals surface area contributed by atoms with Crippen molar-refractivity contribution in [3.8, 4) is 5.75 Å². The van der Waals surface area contributed by atoms with Gasteiger partial charge in [-0.2, -0.15) is 0 Å². The first-order chi connectivity index (χ1) is 17.4. The summed E-state index contributed by atoms with van der Waals surface area (Å²) in [5.41, 5.74) is 1.52. The summed E-state index contributed by atoms with van der Waals surface area (Å²) in [6, 6.07) is 4.98. The van der Waals surface area contributed by atoms with Gasteiger partial charge in [0.05, 0.1) is 23.4 Å². The minimum absolute atomic E-state index is 0.107. The zero-order valence-corrected chi connectivity index (χ0v) is 23.1. The third-order valence-corrected chi connectivity index (χ3v) is 8.60. The van der Waals surface area contributed by atoms with E-state index >= 15 is 0 Å². The van der Waals surface area contributed by atoms with Crippen LogP contribution in [0.15, 0.2) is 23.4 Å². The highest BCUT2D eigenvalue weighted by Crippen LogP contribution is 2.37. The Morgan fingerprint density at radius 1 is 1.17 bits per heavy atom. The first-order valence-corrected chi connectivity index (χ1v) is 14.0. The molecule has 0 fully saturated rings. The van der Waals surface area contributed by atoms with Crippen molar-refractivity contribution in [1.29, 1.82) is 0 Å². The lowest BCUT2D eigenvalue weighted by molar-refractivity contribution is -0.113. The van der Waals surface area contributed by atoms with Crippen LogP contribution in [0.3, 0.4) is 0 Å². The Hall–Kier alpha value is -2.27. The predicted molar refractivity (Wildman–Crippen MR) is 143 cm³/mol. The molecule has 0 radical (unpaired) electrons. The Kier molecular flexibility index (Phi) is 9.16. The molecular formula is C24H26Cl2N4O4S2. The van der Waals surface area contributed by atoms with Crippen molar-refractivity contribution < 1.29 is 19.1 Å². The van der Waals surface area contributed by atoms with Crippen LogP contribution in [-0.4, -0.2) is 39.5 Å². The number of nitrogens with zero attached hydrogens (tertiary/aromatic N) is 3. The zero-order chi connectivity index (χ0) is 25.7. The summed E-state index contributed by atoms with van der Waals surface area (Å²) in [5.74, 6) is 0.489. The highest BCUT2D eigenvalue weighted by atomic mass is 35.5. The molecular weight excluding hydrogens is 543 g/mol. The van der Waals surface area contributed by atoms with Crippen molar-refractivity contribution in [2.45, 2.75) is 50.3 Å². The van der Waals surface area contributed by atoms with Crippen LogP contribution in [0, 0.1) is 0 Å². The van der Waals surface area contributed by atoms with Gasteiger partial charge in [0.15, 0.2) is 11.0 Å². The lowest BCUT2D eigenvalue weighted by Crippen LogP contribution is -2.16. The number of hydrogen-bond acceptors (Lipinski definition) is 8. The van der Waals surface area contributed by atoms with Crippen molar-refractivity contribution in [2.24, 2.45) is 7.05 Å². The maximum Gasteiger partial charge on any atom is 0.341 e. The van der Waals surface area contributed by atoms with E-state index in [1.807, 2.05) is 0 Å². The third kappa shape index (κ3) is 6.34. The smallest absolute Gasteiger partial charge is 0.341 e. The molecule has 1 N–H and O–H groups in total. The number of fused-ring (bicyclic) bond motifs is 1. The van der Waals surface area contributed by atoms with Crippen LogP contribution < -0.4 is 10.1 Å². The van der Waals surface area contributed by atoms with Crippen LogP contribution in [0.25, 0.3) is 0 Å². The Bertz CT molecular complexity index is 1260. The average molecular weight is 570 g/mol. The molecule has 0 atom stereocenters. The molecule has 36 heavy (non-hydrogen) atoms. The maximum atomic E-state index is 12.8. The molecule has 2 aromatic heterocycles. The van der Waals surface area contributed by atoms with Gasteiger partial charge in [-0.3, -0.25) is 4.79 Å². The Morgan fingerprint density at radius 3 is 2.72 bits per heavy atom. The largest absolute Gasteiger partial charge is 0.484 e. The highest BCUT2D eigenvalue weighted by Gasteiger charge is 2.26. The van der Waals surface area contributed by atoms with E-state index in [0.717, 1.165) is 42.5 Å². The second-order valence-corrected chi connectivity index (χ2v) is 11.2. The number of aromatic nitrogens is 3. The van der Waals surface area contributed by atoms with Gasteiger partial charge in [-0.05, 0) is 43.4 Å². The van der Waals surface area contributed by atoms with Gasteiger partial charge in [0, 0.05) is 23.0 Å². The fraction of sp³-hybridized carbons (Fsp3) is 0.417. The van der Waals surface area contributed by atoms with E-state index in [1.165, 1.54) is 36.6 Å². The lowest BCUT2D eigenvalue weighted by Gasteiger charge is -2.11. The monoisotopic (exact) mass is 568 g/mol. The molecule has 1 aromatic carbocycles. The van der Waals surface area contributed by atoms with Crippen LogP contribution >= 0.6 is 46.3 Å². The summed E-state index contributed by atoms with van der Waals surface area (Å²) in [4.78, 5) is 26.5. The summed E-state index contributed by atoms with van der Waals surface area (Å²) in [6.07, 6.45) is 6.17. The van der Waals surface area contributed by atoms with Crippen LogP contribution in [0.1, 0.15) is 52.3 Å². The Balaban J connectivity index is 1.39. The van der Waals surface area contributed by atoms with E-state index in [1.54, 1.807) is 29.8 Å². The highest BCUT2D eigenvalue weighted by molar-refractivity contribution is 7.99. The summed E-state index contributed by atoms with van der Waals surface area (Å²) in [6.45, 7) is 0.138. The fourth-order valence-corrected chi connectivity index (χ4v) is 6.30. The number of nitrogens with one attached hydrogen (secondary N) is 1. The van der Waals surface area contributed by atoms with E-state index in [0.29, 0.717) is 37.3 Å². The number of amides is 1. The first kappa shape index (κ1) is 26.8. The van der Waals surface area contributed by atoms with Gasteiger partial charge < -0.3 is 19.4 Å². The van der Waals surface area contributed by atoms with Crippen LogP contribution in [0.2, 0.25) is 10.0 Å². The molecule has 0 saturated carbocycles. The molecule has 2 heterocycles. The molecule has 192 valence electrons. The van der Waals surface area contributed by atoms with Crippen LogP contribution in [0.5, 0.6) is 5.75 Å². The van der Waals surface area contributed by atoms with Gasteiger partial charge in [0.25, 0.3) is 0 Å². The molecule has 3 aromatic rings. The first-order valence-electron chi connectivity index (χ1n) is 11.5. The van der Waals surface area contributed by atoms with Crippen molar-refractivity contribution in [2.75, 3.05) is 18.2 Å². The van der Waals surface area contributed by atoms with E-state index in [9.17, 15) is 9.59 Å². The van der Waals surface area contributed by atoms with E-state index < -0.39 is 5.97 Å². The molecule has 0 bridgehead atoms. The minimum Gasteiger partial charge on any atom is -0.484 e. The molecule has 0 spiro atoms. The molecule has 8 nitrogen and oxygen atoms in total. The second kappa shape index (κ2) is 12.3. The van der Waals surface area contributed by atoms with Crippen molar-refractivity contribution in [1.82, 2.24) is 14.8 Å². The SMILES string of the molecule is COC(=O)c1c(NC(=O)CSc2nnc(COc3cc(Cl)ccc3Cl)n2C)sc2c1CCCCCC2. The number of thioether (sulfide) groups is 1. The number of esters is 1. The molecule has 1 aliphatic carbocycles. The van der Waals surface area contributed by atoms with Crippen LogP contribution in [0.4, 0.5) is 5.00 Å². The quantitative estimate of drug-likeness (QED) is 0.265. The minimum atomic E-state index is -0.409. The summed E-state index contributed by atoms with van der Waals surface area (Å²) in [5, 5.41) is 13.3. The fourth-order valence-electron chi connectivity index (χ4n) is 3.94. The molecule has 0 unspecified atom stereocenters. The molecule has 4 rings (SSSR count). The number of rotatable bonds is 8. The topological polar surface area (TPSA) is 95.3 Å². The summed E-state index contributed by atoms with van der Waals surface area (Å²) in [7, 11) is 3.17. The van der Waals surface area contributed by atoms with Crippen molar-refractivity contribution >= 4 is 63.2 Å². The Morgan fingerprint density at radius 2 is 1.94 bits per heavy atom. The average Bonchev–Trinajstić information content (AvgIpc) is 3.36. The number of methoxy groups -OCH3 is 1. The Labute approximate surface area is 227 Å². The number of carbonyl (C=O) groups is 2. The normalized spacial score (nSPS) is 13.4. The molecule has 12 heteroatoms. The van der Waals surface area contributed by atoms with Crippen LogP contribution in [-0.2, 0) is 36.0 Å². The van der Waals surface area contributed by atoms with E-state index in [-0.39, 0.29) is 18.3 Å². The molecule has 0 aliphatic heterocycles. The number of carbonyl (C=O) groups excluding carboxylic acids is 2. The van der Waals surface area contributed by atoms with Gasteiger partial charge in [-0.15, -0.1) is 21.5 Å². The standard InChI is InChI=1S/C24H26Cl2N4O4S2/c1-30-19(12-34-17-11-14(25)9-10-16(17)26)28-29-24(30)35-13-20(31)27-22-21(23(32)33-2)15-7-5-3-4-6-8-18(15)36-22/h9-11H,3-8,12-13H2,1-2H3,(H,27,31). The summed E-state index contributed by atoms with van der Waals surface area (Å²) < 4.78 is 12.5. The number of anilines is 1. The number of hydrogen-bond donors (Lipinski definition) is 1. The van der Waals surface area contributed by atoms with Crippen molar-refractivity contribution in [3.05, 3.63) is 50.1 Å². The van der Waals surface area contributed by atoms with Crippen molar-refractivity contribution in [3.63, 3.8) is 0 Å². The number of ether oxygens (including phenoxy) is 2. The van der Waals surface area contributed by atoms with E-state index in [4.69, 9.17) is 32.7 Å². The number of aryl methyl sites for hydroxylation is 1. The number of thiophene rings is 1.